The smallest absolute Gasteiger partial charge is 0.315 e. The number of carbonyl (C=O) groups excluding carboxylic acids is 1. The van der Waals surface area contributed by atoms with Crippen LogP contribution in [0.3, 0.4) is 0 Å². The molecule has 0 fully saturated rings. The highest BCUT2D eigenvalue weighted by Gasteiger charge is 2.10. The van der Waals surface area contributed by atoms with Gasteiger partial charge in [-0.05, 0) is 36.9 Å². The van der Waals surface area contributed by atoms with Crippen LogP contribution in [0.2, 0.25) is 0 Å². The van der Waals surface area contributed by atoms with E-state index in [-0.39, 0.29) is 24.4 Å². The molecule has 0 saturated carbocycles. The monoisotopic (exact) mass is 340 g/mol. The van der Waals surface area contributed by atoms with Gasteiger partial charge in [-0.25, -0.2) is 13.6 Å². The second-order valence-electron chi connectivity index (χ2n) is 5.02. The largest absolute Gasteiger partial charge is 0.488 e. The average Bonchev–Trinajstić information content (AvgIpc) is 2.99. The lowest BCUT2D eigenvalue weighted by Crippen LogP contribution is -2.43. The number of rotatable bonds is 7. The predicted octanol–water partition coefficient (Wildman–Crippen LogP) is 3.34. The van der Waals surface area contributed by atoms with Gasteiger partial charge in [0.25, 0.3) is 0 Å². The number of urea groups is 1. The summed E-state index contributed by atoms with van der Waals surface area (Å²) in [6.45, 7) is 2.35. The normalized spacial score (nSPS) is 11.8. The molecule has 0 saturated heterocycles. The predicted molar refractivity (Wildman–Crippen MR) is 85.9 cm³/mol. The van der Waals surface area contributed by atoms with Gasteiger partial charge in [0.1, 0.15) is 12.4 Å². The molecule has 2 N–H and O–H groups in total. The molecule has 0 aliphatic carbocycles. The first-order valence-corrected chi connectivity index (χ1v) is 8.07. The van der Waals surface area contributed by atoms with E-state index in [0.29, 0.717) is 6.54 Å². The Morgan fingerprint density at radius 1 is 1.35 bits per heavy atom. The standard InChI is InChI=1S/C16H18F2N2O2S/c1-11(10-22-15-5-4-12(17)9-14(15)18)20-16(21)19-7-6-13-3-2-8-23-13/h2-5,8-9,11H,6-7,10H2,1H3,(H2,19,20,21). The number of amides is 2. The van der Waals surface area contributed by atoms with E-state index in [4.69, 9.17) is 4.74 Å². The first-order valence-electron chi connectivity index (χ1n) is 7.19. The van der Waals surface area contributed by atoms with E-state index in [1.54, 1.807) is 18.3 Å². The van der Waals surface area contributed by atoms with E-state index >= 15 is 0 Å². The van der Waals surface area contributed by atoms with Crippen LogP contribution in [-0.4, -0.2) is 25.2 Å². The van der Waals surface area contributed by atoms with Crippen molar-refractivity contribution < 1.29 is 18.3 Å². The van der Waals surface area contributed by atoms with E-state index in [1.807, 2.05) is 17.5 Å². The van der Waals surface area contributed by atoms with Gasteiger partial charge in [0, 0.05) is 17.5 Å². The quantitative estimate of drug-likeness (QED) is 0.812. The van der Waals surface area contributed by atoms with Crippen LogP contribution in [0, 0.1) is 11.6 Å². The highest BCUT2D eigenvalue weighted by atomic mass is 32.1. The Morgan fingerprint density at radius 3 is 2.87 bits per heavy atom. The number of ether oxygens (including phenoxy) is 1. The maximum absolute atomic E-state index is 13.4. The lowest BCUT2D eigenvalue weighted by atomic mass is 10.3. The summed E-state index contributed by atoms with van der Waals surface area (Å²) in [6, 6.07) is 6.45. The maximum Gasteiger partial charge on any atom is 0.315 e. The van der Waals surface area contributed by atoms with Gasteiger partial charge in [-0.2, -0.15) is 0 Å². The summed E-state index contributed by atoms with van der Waals surface area (Å²) in [5, 5.41) is 7.43. The van der Waals surface area contributed by atoms with Gasteiger partial charge in [0.15, 0.2) is 11.6 Å². The van der Waals surface area contributed by atoms with Crippen molar-refractivity contribution in [2.75, 3.05) is 13.2 Å². The number of halogens is 2. The Morgan fingerprint density at radius 2 is 2.17 bits per heavy atom. The van der Waals surface area contributed by atoms with Crippen LogP contribution in [0.4, 0.5) is 13.6 Å². The van der Waals surface area contributed by atoms with Crippen LogP contribution in [0.15, 0.2) is 35.7 Å². The number of hydrogen-bond donors (Lipinski definition) is 2. The molecule has 0 radical (unpaired) electrons. The van der Waals surface area contributed by atoms with Crippen molar-refractivity contribution in [3.8, 4) is 5.75 Å². The van der Waals surface area contributed by atoms with Gasteiger partial charge < -0.3 is 15.4 Å². The Labute approximate surface area is 137 Å². The topological polar surface area (TPSA) is 50.4 Å². The molecule has 1 unspecified atom stereocenters. The second-order valence-corrected chi connectivity index (χ2v) is 6.05. The molecule has 4 nitrogen and oxygen atoms in total. The minimum atomic E-state index is -0.766. The van der Waals surface area contributed by atoms with Crippen molar-refractivity contribution in [3.63, 3.8) is 0 Å². The van der Waals surface area contributed by atoms with Gasteiger partial charge >= 0.3 is 6.03 Å². The summed E-state index contributed by atoms with van der Waals surface area (Å²) in [4.78, 5) is 12.9. The zero-order valence-electron chi connectivity index (χ0n) is 12.6. The molecule has 1 atom stereocenters. The van der Waals surface area contributed by atoms with E-state index < -0.39 is 11.6 Å². The fourth-order valence-electron chi connectivity index (χ4n) is 1.88. The molecule has 0 aliphatic rings. The Kier molecular flexibility index (Phi) is 6.34. The molecular weight excluding hydrogens is 322 g/mol. The number of hydrogen-bond acceptors (Lipinski definition) is 3. The van der Waals surface area contributed by atoms with Gasteiger partial charge in [-0.1, -0.05) is 6.07 Å². The summed E-state index contributed by atoms with van der Waals surface area (Å²) in [6.07, 6.45) is 0.775. The summed E-state index contributed by atoms with van der Waals surface area (Å²) >= 11 is 1.64. The number of carbonyl (C=O) groups is 1. The fraction of sp³-hybridized carbons (Fsp3) is 0.312. The van der Waals surface area contributed by atoms with Crippen molar-refractivity contribution in [1.82, 2.24) is 10.6 Å². The number of benzene rings is 1. The molecule has 0 aliphatic heterocycles. The van der Waals surface area contributed by atoms with Crippen LogP contribution < -0.4 is 15.4 Å². The SMILES string of the molecule is CC(COc1ccc(F)cc1F)NC(=O)NCCc1cccs1. The van der Waals surface area contributed by atoms with Crippen LogP contribution in [0.1, 0.15) is 11.8 Å². The molecular formula is C16H18F2N2O2S. The molecule has 2 aromatic rings. The fourth-order valence-corrected chi connectivity index (χ4v) is 2.59. The molecule has 2 amide bonds. The van der Waals surface area contributed by atoms with Crippen molar-refractivity contribution in [2.45, 2.75) is 19.4 Å². The van der Waals surface area contributed by atoms with E-state index in [0.717, 1.165) is 18.6 Å². The first-order chi connectivity index (χ1) is 11.0. The second kappa shape index (κ2) is 8.47. The van der Waals surface area contributed by atoms with Gasteiger partial charge in [0.05, 0.1) is 6.04 Å². The van der Waals surface area contributed by atoms with Crippen LogP contribution in [-0.2, 0) is 6.42 Å². The van der Waals surface area contributed by atoms with E-state index in [9.17, 15) is 13.6 Å². The highest BCUT2D eigenvalue weighted by molar-refractivity contribution is 7.09. The molecule has 23 heavy (non-hydrogen) atoms. The zero-order valence-corrected chi connectivity index (χ0v) is 13.5. The minimum absolute atomic E-state index is 0.0434. The Hall–Kier alpha value is -2.15. The molecule has 0 spiro atoms. The summed E-state index contributed by atoms with van der Waals surface area (Å²) in [5.41, 5.74) is 0. The third kappa shape index (κ3) is 5.86. The molecule has 1 aromatic heterocycles. The zero-order chi connectivity index (χ0) is 16.7. The molecule has 124 valence electrons. The Balaban J connectivity index is 1.67. The van der Waals surface area contributed by atoms with Crippen molar-refractivity contribution in [1.29, 1.82) is 0 Å². The first kappa shape index (κ1) is 17.2. The Bertz CT molecular complexity index is 635. The van der Waals surface area contributed by atoms with Gasteiger partial charge in [0.2, 0.25) is 0 Å². The van der Waals surface area contributed by atoms with E-state index in [2.05, 4.69) is 10.6 Å². The molecule has 1 aromatic carbocycles. The van der Waals surface area contributed by atoms with E-state index in [1.165, 1.54) is 10.9 Å². The lowest BCUT2D eigenvalue weighted by Gasteiger charge is -2.16. The van der Waals surface area contributed by atoms with Crippen molar-refractivity contribution in [3.05, 3.63) is 52.2 Å². The van der Waals surface area contributed by atoms with Crippen LogP contribution >= 0.6 is 11.3 Å². The summed E-state index contributed by atoms with van der Waals surface area (Å²) < 4.78 is 31.4. The average molecular weight is 340 g/mol. The molecule has 1 heterocycles. The third-order valence-corrected chi connectivity index (χ3v) is 3.93. The highest BCUT2D eigenvalue weighted by Crippen LogP contribution is 2.17. The molecule has 7 heteroatoms. The van der Waals surface area contributed by atoms with Crippen molar-refractivity contribution in [2.24, 2.45) is 0 Å². The lowest BCUT2D eigenvalue weighted by molar-refractivity contribution is 0.224. The van der Waals surface area contributed by atoms with Gasteiger partial charge in [-0.15, -0.1) is 11.3 Å². The maximum atomic E-state index is 13.4. The van der Waals surface area contributed by atoms with Crippen LogP contribution in [0.25, 0.3) is 0 Å². The summed E-state index contributed by atoms with van der Waals surface area (Å²) in [7, 11) is 0. The van der Waals surface area contributed by atoms with Gasteiger partial charge in [-0.3, -0.25) is 0 Å². The number of thiophene rings is 1. The molecule has 2 rings (SSSR count). The summed E-state index contributed by atoms with van der Waals surface area (Å²) in [5.74, 6) is -1.47. The third-order valence-electron chi connectivity index (χ3n) is 3.00. The minimum Gasteiger partial charge on any atom is -0.488 e. The van der Waals surface area contributed by atoms with Crippen LogP contribution in [0.5, 0.6) is 5.75 Å². The molecule has 0 bridgehead atoms. The number of nitrogens with one attached hydrogen (secondary N) is 2. The van der Waals surface area contributed by atoms with Crippen molar-refractivity contribution >= 4 is 17.4 Å².